The number of alkyl halides is 3. The van der Waals surface area contributed by atoms with E-state index in [2.05, 4.69) is 5.32 Å². The van der Waals surface area contributed by atoms with Crippen LogP contribution in [0.1, 0.15) is 55.7 Å². The van der Waals surface area contributed by atoms with E-state index in [9.17, 15) is 27.6 Å². The Morgan fingerprint density at radius 3 is 2.62 bits per heavy atom. The predicted octanol–water partition coefficient (Wildman–Crippen LogP) is 6.53. The van der Waals surface area contributed by atoms with E-state index in [1.165, 1.54) is 12.1 Å². The lowest BCUT2D eigenvalue weighted by molar-refractivity contribution is -0.162. The number of nitrogens with one attached hydrogen (secondary N) is 1. The quantitative estimate of drug-likeness (QED) is 0.309. The number of esters is 1. The summed E-state index contributed by atoms with van der Waals surface area (Å²) >= 11 is 0. The Balaban J connectivity index is 1.42. The van der Waals surface area contributed by atoms with E-state index in [4.69, 9.17) is 4.74 Å². The molecule has 1 heterocycles. The number of carbonyl (C=O) groups excluding carboxylic acids is 3. The van der Waals surface area contributed by atoms with Gasteiger partial charge in [-0.25, -0.2) is 0 Å². The number of carbonyl (C=O) groups is 3. The first-order valence-electron chi connectivity index (χ1n) is 14.2. The molecule has 2 aliphatic rings. The first-order chi connectivity index (χ1) is 20.1. The topological polar surface area (TPSA) is 75.7 Å². The number of amides is 2. The molecule has 2 amide bonds. The zero-order valence-electron chi connectivity index (χ0n) is 23.4. The minimum Gasteiger partial charge on any atom is -0.465 e. The number of likely N-dealkylation sites (tertiary alicyclic amines) is 1. The Kier molecular flexibility index (Phi) is 8.38. The summed E-state index contributed by atoms with van der Waals surface area (Å²) in [6.07, 6.45) is -0.635. The van der Waals surface area contributed by atoms with Crippen LogP contribution in [0.5, 0.6) is 0 Å². The molecule has 6 nitrogen and oxygen atoms in total. The van der Waals surface area contributed by atoms with Gasteiger partial charge in [-0.1, -0.05) is 60.7 Å². The smallest absolute Gasteiger partial charge is 0.416 e. The molecule has 220 valence electrons. The van der Waals surface area contributed by atoms with Gasteiger partial charge in [0, 0.05) is 24.6 Å². The Morgan fingerprint density at radius 1 is 1.07 bits per heavy atom. The first kappa shape index (κ1) is 29.4. The number of nitrogens with zero attached hydrogens (tertiary/aromatic N) is 1. The number of fused-ring (bicyclic) bond motifs is 2. The van der Waals surface area contributed by atoms with Crippen LogP contribution in [0.2, 0.25) is 0 Å². The number of allylic oxidation sites excluding steroid dienone is 1. The molecule has 9 heteroatoms. The Morgan fingerprint density at radius 2 is 1.83 bits per heavy atom. The Labute approximate surface area is 242 Å². The van der Waals surface area contributed by atoms with E-state index in [1.54, 1.807) is 11.8 Å². The molecule has 1 N–H and O–H groups in total. The SMILES string of the molecule is CCOC(=O)[C@]12CCCC=C1N(Cc1cccc3ccccc13)C(=O)[C@H](CC(=O)NCc1cccc(C(F)(F)F)c1)C2. The number of ether oxygens (including phenoxy) is 1. The lowest BCUT2D eigenvalue weighted by atomic mass is 9.66. The van der Waals surface area contributed by atoms with Crippen LogP contribution < -0.4 is 5.32 Å². The fraction of sp³-hybridized carbons (Fsp3) is 0.364. The normalized spacial score (nSPS) is 20.6. The van der Waals surface area contributed by atoms with Gasteiger partial charge in [0.25, 0.3) is 0 Å². The van der Waals surface area contributed by atoms with Crippen molar-refractivity contribution in [2.45, 2.75) is 58.3 Å². The highest BCUT2D eigenvalue weighted by Crippen LogP contribution is 2.50. The monoisotopic (exact) mass is 578 g/mol. The highest BCUT2D eigenvalue weighted by atomic mass is 19.4. The molecule has 1 fully saturated rings. The minimum absolute atomic E-state index is 0.114. The fourth-order valence-electron chi connectivity index (χ4n) is 6.22. The Hall–Kier alpha value is -4.14. The molecule has 3 aromatic rings. The van der Waals surface area contributed by atoms with Crippen LogP contribution in [-0.2, 0) is 38.4 Å². The van der Waals surface area contributed by atoms with Crippen molar-refractivity contribution in [3.05, 3.63) is 95.2 Å². The van der Waals surface area contributed by atoms with Crippen molar-refractivity contribution in [3.63, 3.8) is 0 Å². The second-order valence-electron chi connectivity index (χ2n) is 10.9. The number of halogens is 3. The van der Waals surface area contributed by atoms with Crippen LogP contribution in [0.4, 0.5) is 13.2 Å². The minimum atomic E-state index is -4.49. The van der Waals surface area contributed by atoms with E-state index in [0.29, 0.717) is 17.7 Å². The van der Waals surface area contributed by atoms with E-state index >= 15 is 0 Å². The lowest BCUT2D eigenvalue weighted by Crippen LogP contribution is -2.54. The van der Waals surface area contributed by atoms with Crippen LogP contribution in [0, 0.1) is 11.3 Å². The highest BCUT2D eigenvalue weighted by molar-refractivity contribution is 5.93. The largest absolute Gasteiger partial charge is 0.465 e. The van der Waals surface area contributed by atoms with Gasteiger partial charge >= 0.3 is 12.1 Å². The number of benzene rings is 3. The second kappa shape index (κ2) is 12.0. The summed E-state index contributed by atoms with van der Waals surface area (Å²) in [7, 11) is 0. The van der Waals surface area contributed by atoms with Gasteiger partial charge < -0.3 is 15.0 Å². The van der Waals surface area contributed by atoms with E-state index in [-0.39, 0.29) is 38.4 Å². The zero-order chi connectivity index (χ0) is 29.9. The fourth-order valence-corrected chi connectivity index (χ4v) is 6.22. The van der Waals surface area contributed by atoms with Gasteiger partial charge in [0.2, 0.25) is 11.8 Å². The Bertz CT molecular complexity index is 1530. The molecule has 0 unspecified atom stereocenters. The molecular formula is C33H33F3N2O4. The number of piperidine rings is 1. The van der Waals surface area contributed by atoms with Crippen molar-refractivity contribution < 1.29 is 32.3 Å². The third-order valence-corrected chi connectivity index (χ3v) is 8.19. The van der Waals surface area contributed by atoms with Crippen molar-refractivity contribution in [1.82, 2.24) is 10.2 Å². The molecular weight excluding hydrogens is 545 g/mol. The summed E-state index contributed by atoms with van der Waals surface area (Å²) in [6, 6.07) is 18.5. The van der Waals surface area contributed by atoms with Gasteiger partial charge in [-0.2, -0.15) is 13.2 Å². The summed E-state index contributed by atoms with van der Waals surface area (Å²) in [5.41, 5.74) is -0.00950. The predicted molar refractivity (Wildman–Crippen MR) is 152 cm³/mol. The number of rotatable bonds is 8. The van der Waals surface area contributed by atoms with Crippen LogP contribution in [0.25, 0.3) is 10.8 Å². The molecule has 1 saturated heterocycles. The van der Waals surface area contributed by atoms with Crippen molar-refractivity contribution in [1.29, 1.82) is 0 Å². The molecule has 1 aliphatic carbocycles. The molecule has 2 atom stereocenters. The summed E-state index contributed by atoms with van der Waals surface area (Å²) in [4.78, 5) is 42.3. The zero-order valence-corrected chi connectivity index (χ0v) is 23.4. The maximum absolute atomic E-state index is 14.0. The molecule has 5 rings (SSSR count). The standard InChI is InChI=1S/C33H33F3N2O4/c1-2-42-31(41)32-16-6-5-15-28(32)38(21-24-12-8-11-23-10-3-4-14-27(23)24)30(40)25(19-32)18-29(39)37-20-22-9-7-13-26(17-22)33(34,35)36/h3-4,7-15,17,25H,2,5-6,16,18-21H2,1H3,(H,37,39)/t25-,32+/m1/s1. The molecule has 0 bridgehead atoms. The van der Waals surface area contributed by atoms with Crippen molar-refractivity contribution in [2.75, 3.05) is 6.61 Å². The molecule has 0 aromatic heterocycles. The second-order valence-corrected chi connectivity index (χ2v) is 10.9. The van der Waals surface area contributed by atoms with Gasteiger partial charge in [0.15, 0.2) is 0 Å². The van der Waals surface area contributed by atoms with Crippen molar-refractivity contribution in [3.8, 4) is 0 Å². The average Bonchev–Trinajstić information content (AvgIpc) is 2.98. The summed E-state index contributed by atoms with van der Waals surface area (Å²) in [5.74, 6) is -1.94. The average molecular weight is 579 g/mol. The first-order valence-corrected chi connectivity index (χ1v) is 14.2. The van der Waals surface area contributed by atoms with E-state index < -0.39 is 34.9 Å². The summed E-state index contributed by atoms with van der Waals surface area (Å²) < 4.78 is 44.9. The van der Waals surface area contributed by atoms with Gasteiger partial charge in [0.1, 0.15) is 5.41 Å². The number of hydrogen-bond acceptors (Lipinski definition) is 4. The van der Waals surface area contributed by atoms with Crippen molar-refractivity contribution in [2.24, 2.45) is 11.3 Å². The third kappa shape index (κ3) is 5.91. The maximum atomic E-state index is 14.0. The molecule has 3 aromatic carbocycles. The van der Waals surface area contributed by atoms with Gasteiger partial charge in [-0.15, -0.1) is 0 Å². The van der Waals surface area contributed by atoms with Gasteiger partial charge in [-0.05, 0) is 66.6 Å². The highest BCUT2D eigenvalue weighted by Gasteiger charge is 2.54. The molecule has 0 saturated carbocycles. The van der Waals surface area contributed by atoms with Gasteiger partial charge in [-0.3, -0.25) is 14.4 Å². The van der Waals surface area contributed by atoms with E-state index in [1.807, 2.05) is 48.5 Å². The summed E-state index contributed by atoms with van der Waals surface area (Å²) in [5, 5.41) is 4.68. The molecule has 0 spiro atoms. The number of hydrogen-bond donors (Lipinski definition) is 1. The van der Waals surface area contributed by atoms with E-state index in [0.717, 1.165) is 41.3 Å². The molecule has 1 aliphatic heterocycles. The van der Waals surface area contributed by atoms with Crippen LogP contribution >= 0.6 is 0 Å². The lowest BCUT2D eigenvalue weighted by Gasteiger charge is -2.48. The maximum Gasteiger partial charge on any atom is 0.416 e. The van der Waals surface area contributed by atoms with Crippen LogP contribution in [0.15, 0.2) is 78.5 Å². The van der Waals surface area contributed by atoms with Gasteiger partial charge in [0.05, 0.1) is 18.7 Å². The third-order valence-electron chi connectivity index (χ3n) is 8.19. The van der Waals surface area contributed by atoms with Crippen LogP contribution in [0.3, 0.4) is 0 Å². The molecule has 42 heavy (non-hydrogen) atoms. The van der Waals surface area contributed by atoms with Crippen molar-refractivity contribution >= 4 is 28.6 Å². The summed E-state index contributed by atoms with van der Waals surface area (Å²) in [6.45, 7) is 2.04. The molecule has 0 radical (unpaired) electrons. The van der Waals surface area contributed by atoms with Crippen LogP contribution in [-0.4, -0.2) is 29.3 Å².